The van der Waals surface area contributed by atoms with Crippen LogP contribution in [0.4, 0.5) is 36.6 Å². The van der Waals surface area contributed by atoms with Crippen molar-refractivity contribution in [2.75, 3.05) is 31.5 Å². The van der Waals surface area contributed by atoms with Crippen LogP contribution < -0.4 is 10.6 Å². The summed E-state index contributed by atoms with van der Waals surface area (Å²) in [6.07, 6.45) is -11.2. The Bertz CT molecular complexity index is 1190. The van der Waals surface area contributed by atoms with Gasteiger partial charge in [0.15, 0.2) is 5.01 Å². The van der Waals surface area contributed by atoms with Crippen molar-refractivity contribution in [2.24, 2.45) is 0 Å². The fourth-order valence-corrected chi connectivity index (χ4v) is 4.62. The first kappa shape index (κ1) is 30.5. The summed E-state index contributed by atoms with van der Waals surface area (Å²) in [6.45, 7) is 1.87. The Morgan fingerprint density at radius 2 is 1.79 bits per heavy atom. The van der Waals surface area contributed by atoms with Gasteiger partial charge >= 0.3 is 12.4 Å². The van der Waals surface area contributed by atoms with Gasteiger partial charge in [0.2, 0.25) is 0 Å². The smallest absolute Gasteiger partial charge is 0.389 e. The monoisotopic (exact) mass is 585 g/mol. The van der Waals surface area contributed by atoms with Gasteiger partial charge in [-0.2, -0.15) is 26.3 Å². The van der Waals surface area contributed by atoms with E-state index in [4.69, 9.17) is 0 Å². The molecule has 1 aliphatic heterocycles. The fourth-order valence-electron chi connectivity index (χ4n) is 3.62. The van der Waals surface area contributed by atoms with Crippen molar-refractivity contribution in [2.45, 2.75) is 57.2 Å². The third-order valence-electron chi connectivity index (χ3n) is 5.59. The van der Waals surface area contributed by atoms with Crippen molar-refractivity contribution in [1.82, 2.24) is 20.2 Å². The molecular weight excluding hydrogens is 559 g/mol. The molecule has 3 rings (SSSR count). The van der Waals surface area contributed by atoms with Gasteiger partial charge in [-0.3, -0.25) is 9.59 Å². The Kier molecular flexibility index (Phi) is 9.09. The number of hydrogen-bond donors (Lipinski definition) is 3. The quantitative estimate of drug-likeness (QED) is 0.389. The molecule has 3 N–H and O–H groups in total. The molecule has 0 aliphatic carbocycles. The zero-order valence-corrected chi connectivity index (χ0v) is 21.7. The van der Waals surface area contributed by atoms with Gasteiger partial charge in [0, 0.05) is 37.9 Å². The molecule has 16 heteroatoms. The van der Waals surface area contributed by atoms with Crippen molar-refractivity contribution >= 4 is 29.0 Å². The van der Waals surface area contributed by atoms with Gasteiger partial charge < -0.3 is 20.6 Å². The summed E-state index contributed by atoms with van der Waals surface area (Å²) in [5, 5.41) is 14.1. The van der Waals surface area contributed by atoms with Crippen LogP contribution in [-0.2, 0) is 6.18 Å². The highest BCUT2D eigenvalue weighted by molar-refractivity contribution is 7.17. The van der Waals surface area contributed by atoms with Gasteiger partial charge in [-0.05, 0) is 32.8 Å². The van der Waals surface area contributed by atoms with Crippen LogP contribution in [0.2, 0.25) is 0 Å². The molecule has 0 aromatic carbocycles. The normalized spacial score (nSPS) is 15.4. The molecule has 0 spiro atoms. The van der Waals surface area contributed by atoms with E-state index in [0.717, 1.165) is 6.20 Å². The molecule has 8 nitrogen and oxygen atoms in total. The number of carbonyl (C=O) groups is 2. The van der Waals surface area contributed by atoms with Crippen LogP contribution in [0.5, 0.6) is 0 Å². The highest BCUT2D eigenvalue weighted by atomic mass is 32.1. The zero-order chi connectivity index (χ0) is 29.2. The summed E-state index contributed by atoms with van der Waals surface area (Å²) in [7, 11) is 0. The molecule has 2 amide bonds. The topological polar surface area (TPSA) is 107 Å². The second kappa shape index (κ2) is 11.6. The molecule has 0 atom stereocenters. The largest absolute Gasteiger partial charge is 0.417 e. The average Bonchev–Trinajstić information content (AvgIpc) is 3.26. The standard InChI is InChI=1S/C23H26F7N5O3S/c1-21(2,38)11-33-18(36)19-34-16(20(37)35-7-3-12(24)4-8-35)17(39-19)13-10-32-15(9-14(13)23(28,29)30)31-6-5-22(25,26)27/h9-10,12,38H,3-8,11H2,1-2H3,(H,31,32)(H,33,36). The van der Waals surface area contributed by atoms with Crippen LogP contribution in [0.15, 0.2) is 12.3 Å². The van der Waals surface area contributed by atoms with E-state index in [9.17, 15) is 45.4 Å². The van der Waals surface area contributed by atoms with E-state index in [1.54, 1.807) is 0 Å². The van der Waals surface area contributed by atoms with Gasteiger partial charge in [0.05, 0.1) is 22.5 Å². The number of hydrogen-bond acceptors (Lipinski definition) is 7. The molecule has 39 heavy (non-hydrogen) atoms. The van der Waals surface area contributed by atoms with Gasteiger partial charge in [0.1, 0.15) is 17.7 Å². The maximum atomic E-state index is 14.1. The second-order valence-corrected chi connectivity index (χ2v) is 10.6. The van der Waals surface area contributed by atoms with Gasteiger partial charge in [-0.1, -0.05) is 0 Å². The summed E-state index contributed by atoms with van der Waals surface area (Å²) >= 11 is 0.486. The van der Waals surface area contributed by atoms with Crippen LogP contribution in [-0.4, -0.2) is 75.9 Å². The minimum Gasteiger partial charge on any atom is -0.389 e. The van der Waals surface area contributed by atoms with E-state index in [0.29, 0.717) is 17.4 Å². The molecular formula is C23H26F7N5O3S. The zero-order valence-electron chi connectivity index (χ0n) is 20.8. The lowest BCUT2D eigenvalue weighted by atomic mass is 10.1. The Hall–Kier alpha value is -3.01. The van der Waals surface area contributed by atoms with Crippen molar-refractivity contribution in [3.63, 3.8) is 0 Å². The number of nitrogens with one attached hydrogen (secondary N) is 2. The fraction of sp³-hybridized carbons (Fsp3) is 0.565. The first-order chi connectivity index (χ1) is 17.9. The van der Waals surface area contributed by atoms with E-state index < -0.39 is 71.5 Å². The predicted octanol–water partition coefficient (Wildman–Crippen LogP) is 4.66. The number of anilines is 1. The molecule has 2 aromatic rings. The molecule has 0 unspecified atom stereocenters. The minimum atomic E-state index is -5.01. The van der Waals surface area contributed by atoms with Crippen molar-refractivity contribution in [1.29, 1.82) is 0 Å². The van der Waals surface area contributed by atoms with E-state index in [1.165, 1.54) is 18.7 Å². The van der Waals surface area contributed by atoms with E-state index in [-0.39, 0.29) is 42.4 Å². The predicted molar refractivity (Wildman–Crippen MR) is 128 cm³/mol. The lowest BCUT2D eigenvalue weighted by Gasteiger charge is -2.28. The van der Waals surface area contributed by atoms with Crippen molar-refractivity contribution in [3.8, 4) is 10.4 Å². The van der Waals surface area contributed by atoms with E-state index in [2.05, 4.69) is 20.6 Å². The Morgan fingerprint density at radius 3 is 2.36 bits per heavy atom. The minimum absolute atomic E-state index is 0.0103. The van der Waals surface area contributed by atoms with Gasteiger partial charge in [0.25, 0.3) is 11.8 Å². The number of alkyl halides is 7. The van der Waals surface area contributed by atoms with Gasteiger partial charge in [-0.25, -0.2) is 14.4 Å². The molecule has 216 valence electrons. The van der Waals surface area contributed by atoms with Crippen LogP contribution in [0.25, 0.3) is 10.4 Å². The summed E-state index contributed by atoms with van der Waals surface area (Å²) in [4.78, 5) is 34.6. The van der Waals surface area contributed by atoms with E-state index >= 15 is 0 Å². The molecule has 3 heterocycles. The first-order valence-electron chi connectivity index (χ1n) is 11.8. The Morgan fingerprint density at radius 1 is 1.15 bits per heavy atom. The highest BCUT2D eigenvalue weighted by Crippen LogP contribution is 2.42. The number of aromatic nitrogens is 2. The molecule has 1 saturated heterocycles. The SMILES string of the molecule is CC(C)(O)CNC(=O)c1nc(C(=O)N2CCC(F)CC2)c(-c2cnc(NCCC(F)(F)F)cc2C(F)(F)F)s1. The van der Waals surface area contributed by atoms with Crippen molar-refractivity contribution in [3.05, 3.63) is 28.5 Å². The number of halogens is 7. The molecule has 0 bridgehead atoms. The number of rotatable bonds is 8. The number of carbonyl (C=O) groups excluding carboxylic acids is 2. The van der Waals surface area contributed by atoms with Crippen LogP contribution >= 0.6 is 11.3 Å². The van der Waals surface area contributed by atoms with Crippen LogP contribution in [0.1, 0.15) is 59.0 Å². The van der Waals surface area contributed by atoms with Crippen molar-refractivity contribution < 1.29 is 45.4 Å². The molecule has 2 aromatic heterocycles. The Balaban J connectivity index is 2.04. The summed E-state index contributed by atoms with van der Waals surface area (Å²) < 4.78 is 93.2. The number of pyridine rings is 1. The number of piperidine rings is 1. The third-order valence-corrected chi connectivity index (χ3v) is 6.67. The van der Waals surface area contributed by atoms with Crippen LogP contribution in [0.3, 0.4) is 0 Å². The van der Waals surface area contributed by atoms with Gasteiger partial charge in [-0.15, -0.1) is 11.3 Å². The maximum absolute atomic E-state index is 14.1. The lowest BCUT2D eigenvalue weighted by molar-refractivity contribution is -0.137. The number of nitrogens with zero attached hydrogens (tertiary/aromatic N) is 3. The second-order valence-electron chi connectivity index (χ2n) is 9.56. The highest BCUT2D eigenvalue weighted by Gasteiger charge is 2.38. The average molecular weight is 586 g/mol. The molecule has 0 saturated carbocycles. The van der Waals surface area contributed by atoms with E-state index in [1.807, 2.05) is 0 Å². The maximum Gasteiger partial charge on any atom is 0.417 e. The third kappa shape index (κ3) is 8.49. The summed E-state index contributed by atoms with van der Waals surface area (Å²) in [5.74, 6) is -2.13. The first-order valence-corrected chi connectivity index (χ1v) is 12.6. The number of aliphatic hydroxyl groups is 1. The number of thiazole rings is 1. The molecule has 0 radical (unpaired) electrons. The molecule has 1 aliphatic rings. The lowest BCUT2D eigenvalue weighted by Crippen LogP contribution is -2.39. The molecule has 1 fully saturated rings. The summed E-state index contributed by atoms with van der Waals surface area (Å²) in [6, 6.07) is 0.516. The summed E-state index contributed by atoms with van der Waals surface area (Å²) in [5.41, 5.74) is -3.70. The van der Waals surface area contributed by atoms with Crippen LogP contribution in [0, 0.1) is 0 Å². The Labute approximate surface area is 222 Å². The number of amides is 2. The number of likely N-dealkylation sites (tertiary alicyclic amines) is 1.